The van der Waals surface area contributed by atoms with Crippen LogP contribution in [-0.2, 0) is 6.54 Å². The van der Waals surface area contributed by atoms with Crippen molar-refractivity contribution in [3.05, 3.63) is 52.2 Å². The van der Waals surface area contributed by atoms with E-state index >= 15 is 0 Å². The molecule has 1 fully saturated rings. The van der Waals surface area contributed by atoms with E-state index in [0.29, 0.717) is 17.3 Å². The first-order chi connectivity index (χ1) is 10.2. The summed E-state index contributed by atoms with van der Waals surface area (Å²) >= 11 is 0. The number of halogens is 1. The molecule has 5 nitrogen and oxygen atoms in total. The van der Waals surface area contributed by atoms with E-state index in [-0.39, 0.29) is 17.9 Å². The summed E-state index contributed by atoms with van der Waals surface area (Å²) in [5, 5.41) is 7.29. The summed E-state index contributed by atoms with van der Waals surface area (Å²) in [6, 6.07) is 6.78. The SMILES string of the molecule is COc1cccc(Cn2ncc(NC3CC3)cc2=O)c1F. The topological polar surface area (TPSA) is 56.1 Å². The van der Waals surface area contributed by atoms with Crippen molar-refractivity contribution < 1.29 is 9.13 Å². The third-order valence-corrected chi connectivity index (χ3v) is 3.40. The Labute approximate surface area is 121 Å². The molecule has 1 aromatic carbocycles. The number of methoxy groups -OCH3 is 1. The van der Waals surface area contributed by atoms with Crippen LogP contribution in [0.4, 0.5) is 10.1 Å². The Morgan fingerprint density at radius 2 is 2.29 bits per heavy atom. The van der Waals surface area contributed by atoms with Crippen LogP contribution >= 0.6 is 0 Å². The van der Waals surface area contributed by atoms with Crippen molar-refractivity contribution >= 4 is 5.69 Å². The van der Waals surface area contributed by atoms with Gasteiger partial charge in [0.25, 0.3) is 5.56 Å². The molecule has 0 spiro atoms. The van der Waals surface area contributed by atoms with Crippen LogP contribution in [-0.4, -0.2) is 22.9 Å². The third kappa shape index (κ3) is 3.04. The monoisotopic (exact) mass is 289 g/mol. The molecule has 6 heteroatoms. The predicted molar refractivity (Wildman–Crippen MR) is 77.2 cm³/mol. The van der Waals surface area contributed by atoms with Crippen LogP contribution in [0.15, 0.2) is 35.3 Å². The molecular formula is C15H16FN3O2. The number of hydrogen-bond acceptors (Lipinski definition) is 4. The number of rotatable bonds is 5. The van der Waals surface area contributed by atoms with Gasteiger partial charge in [-0.1, -0.05) is 12.1 Å². The van der Waals surface area contributed by atoms with Crippen LogP contribution in [0, 0.1) is 5.82 Å². The summed E-state index contributed by atoms with van der Waals surface area (Å²) in [4.78, 5) is 12.0. The Hall–Kier alpha value is -2.37. The molecule has 1 aliphatic carbocycles. The Kier molecular flexibility index (Phi) is 3.60. The van der Waals surface area contributed by atoms with E-state index in [9.17, 15) is 9.18 Å². The molecule has 1 aromatic heterocycles. The van der Waals surface area contributed by atoms with E-state index in [2.05, 4.69) is 10.4 Å². The van der Waals surface area contributed by atoms with E-state index in [1.807, 2.05) is 0 Å². The zero-order valence-corrected chi connectivity index (χ0v) is 11.7. The minimum Gasteiger partial charge on any atom is -0.494 e. The molecule has 1 N–H and O–H groups in total. The van der Waals surface area contributed by atoms with Crippen LogP contribution in [0.3, 0.4) is 0 Å². The fraction of sp³-hybridized carbons (Fsp3) is 0.333. The van der Waals surface area contributed by atoms with Gasteiger partial charge >= 0.3 is 0 Å². The maximum atomic E-state index is 14.1. The molecular weight excluding hydrogens is 273 g/mol. The second-order valence-electron chi connectivity index (χ2n) is 5.09. The van der Waals surface area contributed by atoms with Crippen molar-refractivity contribution in [2.75, 3.05) is 12.4 Å². The largest absolute Gasteiger partial charge is 0.494 e. The molecule has 1 heterocycles. The average Bonchev–Trinajstić information content (AvgIpc) is 3.28. The highest BCUT2D eigenvalue weighted by Gasteiger charge is 2.21. The summed E-state index contributed by atoms with van der Waals surface area (Å²) in [5.74, 6) is -0.304. The molecule has 1 aliphatic rings. The second-order valence-corrected chi connectivity index (χ2v) is 5.09. The van der Waals surface area contributed by atoms with Gasteiger partial charge in [-0.25, -0.2) is 9.07 Å². The van der Waals surface area contributed by atoms with E-state index in [0.717, 1.165) is 12.8 Å². The van der Waals surface area contributed by atoms with Crippen molar-refractivity contribution in [3.8, 4) is 5.75 Å². The first kappa shape index (κ1) is 13.6. The average molecular weight is 289 g/mol. The van der Waals surface area contributed by atoms with Gasteiger partial charge in [0.15, 0.2) is 11.6 Å². The van der Waals surface area contributed by atoms with Gasteiger partial charge in [-0.2, -0.15) is 5.10 Å². The fourth-order valence-electron chi connectivity index (χ4n) is 2.09. The maximum absolute atomic E-state index is 14.1. The highest BCUT2D eigenvalue weighted by Crippen LogP contribution is 2.23. The molecule has 21 heavy (non-hydrogen) atoms. The molecule has 0 bridgehead atoms. The van der Waals surface area contributed by atoms with Crippen molar-refractivity contribution in [3.63, 3.8) is 0 Å². The van der Waals surface area contributed by atoms with Gasteiger partial charge in [0, 0.05) is 17.7 Å². The smallest absolute Gasteiger partial charge is 0.269 e. The number of nitrogens with zero attached hydrogens (tertiary/aromatic N) is 2. The fourth-order valence-corrected chi connectivity index (χ4v) is 2.09. The number of ether oxygens (including phenoxy) is 1. The Bertz CT molecular complexity index is 710. The highest BCUT2D eigenvalue weighted by atomic mass is 19.1. The number of aromatic nitrogens is 2. The minimum absolute atomic E-state index is 0.0750. The van der Waals surface area contributed by atoms with Crippen LogP contribution in [0.5, 0.6) is 5.75 Å². The summed E-state index contributed by atoms with van der Waals surface area (Å²) in [7, 11) is 1.41. The van der Waals surface area contributed by atoms with Crippen molar-refractivity contribution in [1.29, 1.82) is 0 Å². The van der Waals surface area contributed by atoms with Crippen molar-refractivity contribution in [2.45, 2.75) is 25.4 Å². The maximum Gasteiger partial charge on any atom is 0.269 e. The molecule has 0 amide bonds. The first-order valence-corrected chi connectivity index (χ1v) is 6.82. The van der Waals surface area contributed by atoms with Gasteiger partial charge in [0.2, 0.25) is 0 Å². The lowest BCUT2D eigenvalue weighted by Crippen LogP contribution is -2.23. The summed E-state index contributed by atoms with van der Waals surface area (Å²) in [5.41, 5.74) is 0.819. The molecule has 2 aromatic rings. The normalized spacial score (nSPS) is 14.0. The zero-order chi connectivity index (χ0) is 14.8. The van der Waals surface area contributed by atoms with Gasteiger partial charge in [-0.3, -0.25) is 4.79 Å². The summed E-state index contributed by atoms with van der Waals surface area (Å²) in [6.07, 6.45) is 3.84. The van der Waals surface area contributed by atoms with Crippen molar-refractivity contribution in [2.24, 2.45) is 0 Å². The molecule has 0 unspecified atom stereocenters. The minimum atomic E-state index is -0.464. The highest BCUT2D eigenvalue weighted by molar-refractivity contribution is 5.41. The van der Waals surface area contributed by atoms with Gasteiger partial charge in [0.05, 0.1) is 25.5 Å². The summed E-state index contributed by atoms with van der Waals surface area (Å²) < 4.78 is 20.2. The predicted octanol–water partition coefficient (Wildman–Crippen LogP) is 2.01. The van der Waals surface area contributed by atoms with E-state index in [1.165, 1.54) is 23.9 Å². The number of hydrogen-bond donors (Lipinski definition) is 1. The molecule has 3 rings (SSSR count). The first-order valence-electron chi connectivity index (χ1n) is 6.82. The number of anilines is 1. The molecule has 0 atom stereocenters. The van der Waals surface area contributed by atoms with Gasteiger partial charge < -0.3 is 10.1 Å². The Morgan fingerprint density at radius 1 is 1.48 bits per heavy atom. The lowest BCUT2D eigenvalue weighted by atomic mass is 10.2. The summed E-state index contributed by atoms with van der Waals surface area (Å²) in [6.45, 7) is 0.0750. The van der Waals surface area contributed by atoms with Crippen LogP contribution in [0.1, 0.15) is 18.4 Å². The lowest BCUT2D eigenvalue weighted by molar-refractivity contribution is 0.383. The van der Waals surface area contributed by atoms with E-state index < -0.39 is 5.82 Å². The van der Waals surface area contributed by atoms with E-state index in [1.54, 1.807) is 18.3 Å². The second kappa shape index (κ2) is 5.55. The zero-order valence-electron chi connectivity index (χ0n) is 11.7. The number of nitrogens with one attached hydrogen (secondary N) is 1. The number of benzene rings is 1. The van der Waals surface area contributed by atoms with Crippen LogP contribution in [0.2, 0.25) is 0 Å². The van der Waals surface area contributed by atoms with Crippen LogP contribution in [0.25, 0.3) is 0 Å². The molecule has 110 valence electrons. The van der Waals surface area contributed by atoms with Crippen LogP contribution < -0.4 is 15.6 Å². The lowest BCUT2D eigenvalue weighted by Gasteiger charge is -2.09. The quantitative estimate of drug-likeness (QED) is 0.915. The van der Waals surface area contributed by atoms with E-state index in [4.69, 9.17) is 4.74 Å². The standard InChI is InChI=1S/C15H16FN3O2/c1-21-13-4-2-3-10(15(13)16)9-19-14(20)7-12(8-17-19)18-11-5-6-11/h2-4,7-8,11,18H,5-6,9H2,1H3. The third-order valence-electron chi connectivity index (χ3n) is 3.40. The molecule has 0 aliphatic heterocycles. The molecule has 0 radical (unpaired) electrons. The Morgan fingerprint density at radius 3 is 2.95 bits per heavy atom. The van der Waals surface area contributed by atoms with Gasteiger partial charge in [0.1, 0.15) is 0 Å². The van der Waals surface area contributed by atoms with Gasteiger partial charge in [-0.15, -0.1) is 0 Å². The molecule has 1 saturated carbocycles. The Balaban J connectivity index is 1.82. The van der Waals surface area contributed by atoms with Gasteiger partial charge in [-0.05, 0) is 18.9 Å². The van der Waals surface area contributed by atoms with Crippen molar-refractivity contribution in [1.82, 2.24) is 9.78 Å². The molecule has 0 saturated heterocycles.